The van der Waals surface area contributed by atoms with E-state index in [0.29, 0.717) is 6.54 Å². The predicted molar refractivity (Wildman–Crippen MR) is 111 cm³/mol. The molecule has 27 heavy (non-hydrogen) atoms. The summed E-state index contributed by atoms with van der Waals surface area (Å²) in [5, 5.41) is 0.427. The van der Waals surface area contributed by atoms with Crippen LogP contribution in [0.5, 0.6) is 0 Å². The molecule has 0 aromatic heterocycles. The fourth-order valence-electron chi connectivity index (χ4n) is 2.38. The van der Waals surface area contributed by atoms with Gasteiger partial charge in [0.05, 0.1) is 27.0 Å². The second-order valence-corrected chi connectivity index (χ2v) is 9.35. The Morgan fingerprint density at radius 1 is 1.00 bits per heavy atom. The molecule has 0 aliphatic heterocycles. The Hall–Kier alpha value is -1.47. The van der Waals surface area contributed by atoms with Crippen molar-refractivity contribution in [3.63, 3.8) is 0 Å². The Kier molecular flexibility index (Phi) is 7.03. The number of aryl methyl sites for hydroxylation is 1. The van der Waals surface area contributed by atoms with Crippen LogP contribution < -0.4 is 4.31 Å². The minimum absolute atomic E-state index is 0.0869. The standard InChI is InChI=1S/C18H19Cl3N2O3S/c1-12-4-6-13(7-5-12)10-22(2)18(24)11-23(27(3,25)26)17-9-15(20)14(19)8-16(17)21/h4-9H,10-11H2,1-3H3. The van der Waals surface area contributed by atoms with E-state index in [9.17, 15) is 13.2 Å². The predicted octanol–water partition coefficient (Wildman–Crippen LogP) is 4.38. The summed E-state index contributed by atoms with van der Waals surface area (Å²) in [4.78, 5) is 14.1. The molecule has 9 heteroatoms. The molecule has 2 aromatic carbocycles. The van der Waals surface area contributed by atoms with Crippen molar-refractivity contribution in [1.29, 1.82) is 0 Å². The van der Waals surface area contributed by atoms with Gasteiger partial charge in [0.2, 0.25) is 15.9 Å². The van der Waals surface area contributed by atoms with Crippen molar-refractivity contribution in [3.05, 3.63) is 62.6 Å². The van der Waals surface area contributed by atoms with Crippen LogP contribution in [0.25, 0.3) is 0 Å². The number of benzene rings is 2. The number of rotatable bonds is 6. The van der Waals surface area contributed by atoms with Crippen molar-refractivity contribution < 1.29 is 13.2 Å². The van der Waals surface area contributed by atoms with E-state index in [1.54, 1.807) is 7.05 Å². The van der Waals surface area contributed by atoms with Crippen molar-refractivity contribution in [1.82, 2.24) is 4.90 Å². The Morgan fingerprint density at radius 2 is 1.56 bits per heavy atom. The molecular formula is C18H19Cl3N2O3S. The number of likely N-dealkylation sites (N-methyl/N-ethyl adjacent to an activating group) is 1. The number of carbonyl (C=O) groups is 1. The Labute approximate surface area is 174 Å². The summed E-state index contributed by atoms with van der Waals surface area (Å²) in [6.07, 6.45) is 0.999. The number of hydrogen-bond donors (Lipinski definition) is 0. The van der Waals surface area contributed by atoms with E-state index in [1.807, 2.05) is 31.2 Å². The van der Waals surface area contributed by atoms with Gasteiger partial charge < -0.3 is 4.90 Å². The highest BCUT2D eigenvalue weighted by atomic mass is 35.5. The van der Waals surface area contributed by atoms with Gasteiger partial charge in [-0.05, 0) is 24.6 Å². The molecule has 0 bridgehead atoms. The molecule has 0 saturated carbocycles. The molecule has 0 saturated heterocycles. The maximum atomic E-state index is 12.6. The van der Waals surface area contributed by atoms with Crippen LogP contribution in [0, 0.1) is 6.92 Å². The van der Waals surface area contributed by atoms with Crippen molar-refractivity contribution in [2.45, 2.75) is 13.5 Å². The van der Waals surface area contributed by atoms with Gasteiger partial charge in [-0.1, -0.05) is 64.6 Å². The number of hydrogen-bond acceptors (Lipinski definition) is 3. The summed E-state index contributed by atoms with van der Waals surface area (Å²) in [7, 11) is -2.17. The van der Waals surface area contributed by atoms with E-state index >= 15 is 0 Å². The smallest absolute Gasteiger partial charge is 0.243 e. The third-order valence-electron chi connectivity index (χ3n) is 3.90. The average molecular weight is 450 g/mol. The minimum atomic E-state index is -3.78. The molecular weight excluding hydrogens is 431 g/mol. The van der Waals surface area contributed by atoms with E-state index in [1.165, 1.54) is 17.0 Å². The molecule has 2 aromatic rings. The van der Waals surface area contributed by atoms with Crippen molar-refractivity contribution in [2.75, 3.05) is 24.2 Å². The van der Waals surface area contributed by atoms with E-state index < -0.39 is 16.6 Å². The van der Waals surface area contributed by atoms with E-state index in [0.717, 1.165) is 21.7 Å². The van der Waals surface area contributed by atoms with Crippen LogP contribution in [0.1, 0.15) is 11.1 Å². The average Bonchev–Trinajstić information content (AvgIpc) is 2.57. The second-order valence-electron chi connectivity index (χ2n) is 6.22. The van der Waals surface area contributed by atoms with Crippen LogP contribution >= 0.6 is 34.8 Å². The number of anilines is 1. The topological polar surface area (TPSA) is 57.7 Å². The van der Waals surface area contributed by atoms with Crippen LogP contribution in [0.2, 0.25) is 15.1 Å². The largest absolute Gasteiger partial charge is 0.340 e. The maximum Gasteiger partial charge on any atom is 0.243 e. The summed E-state index contributed by atoms with van der Waals surface area (Å²) in [6.45, 7) is 1.92. The second kappa shape index (κ2) is 8.69. The third-order valence-corrected chi connectivity index (χ3v) is 6.06. The Bertz CT molecular complexity index is 947. The quantitative estimate of drug-likeness (QED) is 0.615. The first-order valence-electron chi connectivity index (χ1n) is 7.91. The first kappa shape index (κ1) is 21.8. The normalized spacial score (nSPS) is 11.3. The van der Waals surface area contributed by atoms with Gasteiger partial charge >= 0.3 is 0 Å². The summed E-state index contributed by atoms with van der Waals surface area (Å²) in [5.74, 6) is -0.386. The molecule has 0 fully saturated rings. The molecule has 0 radical (unpaired) electrons. The molecule has 0 unspecified atom stereocenters. The van der Waals surface area contributed by atoms with Gasteiger partial charge in [0.1, 0.15) is 6.54 Å². The molecule has 146 valence electrons. The summed E-state index contributed by atoms with van der Waals surface area (Å²) in [6, 6.07) is 10.4. The van der Waals surface area contributed by atoms with Crippen LogP contribution in [0.15, 0.2) is 36.4 Å². The Balaban J connectivity index is 2.25. The first-order valence-corrected chi connectivity index (χ1v) is 10.9. The molecule has 0 aliphatic carbocycles. The lowest BCUT2D eigenvalue weighted by Crippen LogP contribution is -2.41. The molecule has 0 atom stereocenters. The molecule has 0 aliphatic rings. The molecule has 1 amide bonds. The zero-order valence-electron chi connectivity index (χ0n) is 15.0. The lowest BCUT2D eigenvalue weighted by atomic mass is 10.1. The van der Waals surface area contributed by atoms with Crippen molar-refractivity contribution >= 4 is 56.4 Å². The summed E-state index contributed by atoms with van der Waals surface area (Å²) < 4.78 is 25.4. The SMILES string of the molecule is Cc1ccc(CN(C)C(=O)CN(c2cc(Cl)c(Cl)cc2Cl)S(C)(=O)=O)cc1. The maximum absolute atomic E-state index is 12.6. The first-order chi connectivity index (χ1) is 12.5. The zero-order chi connectivity index (χ0) is 20.4. The lowest BCUT2D eigenvalue weighted by Gasteiger charge is -2.26. The number of halogens is 3. The van der Waals surface area contributed by atoms with Gasteiger partial charge in [0.25, 0.3) is 0 Å². The Morgan fingerprint density at radius 3 is 2.11 bits per heavy atom. The lowest BCUT2D eigenvalue weighted by molar-refractivity contribution is -0.128. The highest BCUT2D eigenvalue weighted by Gasteiger charge is 2.25. The van der Waals surface area contributed by atoms with Crippen LogP contribution in [0.3, 0.4) is 0 Å². The summed E-state index contributed by atoms with van der Waals surface area (Å²) >= 11 is 18.0. The number of sulfonamides is 1. The zero-order valence-corrected chi connectivity index (χ0v) is 18.1. The van der Waals surface area contributed by atoms with E-state index in [-0.39, 0.29) is 26.7 Å². The highest BCUT2D eigenvalue weighted by Crippen LogP contribution is 2.35. The van der Waals surface area contributed by atoms with Crippen molar-refractivity contribution in [3.8, 4) is 0 Å². The molecule has 0 spiro atoms. The minimum Gasteiger partial charge on any atom is -0.340 e. The fourth-order valence-corrected chi connectivity index (χ4v) is 3.93. The number of nitrogens with zero attached hydrogens (tertiary/aromatic N) is 2. The molecule has 2 rings (SSSR count). The highest BCUT2D eigenvalue weighted by molar-refractivity contribution is 7.92. The van der Waals surface area contributed by atoms with Crippen LogP contribution in [-0.4, -0.2) is 39.1 Å². The number of carbonyl (C=O) groups excluding carboxylic acids is 1. The van der Waals surface area contributed by atoms with Crippen LogP contribution in [-0.2, 0) is 21.4 Å². The fraction of sp³-hybridized carbons (Fsp3) is 0.278. The number of amides is 1. The summed E-state index contributed by atoms with van der Waals surface area (Å²) in [5.41, 5.74) is 2.16. The van der Waals surface area contributed by atoms with Gasteiger partial charge in [-0.25, -0.2) is 8.42 Å². The van der Waals surface area contributed by atoms with Gasteiger partial charge in [-0.3, -0.25) is 9.10 Å². The molecule has 0 heterocycles. The van der Waals surface area contributed by atoms with Crippen molar-refractivity contribution in [2.24, 2.45) is 0 Å². The molecule has 5 nitrogen and oxygen atoms in total. The van der Waals surface area contributed by atoms with Crippen LogP contribution in [0.4, 0.5) is 5.69 Å². The van der Waals surface area contributed by atoms with E-state index in [4.69, 9.17) is 34.8 Å². The molecule has 0 N–H and O–H groups in total. The monoisotopic (exact) mass is 448 g/mol. The third kappa shape index (κ3) is 5.75. The van der Waals surface area contributed by atoms with Gasteiger partial charge in [-0.15, -0.1) is 0 Å². The van der Waals surface area contributed by atoms with Gasteiger partial charge in [0, 0.05) is 13.6 Å². The van der Waals surface area contributed by atoms with Gasteiger partial charge in [-0.2, -0.15) is 0 Å². The van der Waals surface area contributed by atoms with E-state index in [2.05, 4.69) is 0 Å². The van der Waals surface area contributed by atoms with Gasteiger partial charge in [0.15, 0.2) is 0 Å².